The van der Waals surface area contributed by atoms with Gasteiger partial charge in [-0.05, 0) is 30.2 Å². The van der Waals surface area contributed by atoms with Crippen LogP contribution in [0.25, 0.3) is 0 Å². The summed E-state index contributed by atoms with van der Waals surface area (Å²) in [5.41, 5.74) is 2.18. The first-order valence-corrected chi connectivity index (χ1v) is 7.62. The van der Waals surface area contributed by atoms with Gasteiger partial charge in [0.15, 0.2) is 0 Å². The number of aryl methyl sites for hydroxylation is 1. The largest absolute Gasteiger partial charge is 0.437 e. The van der Waals surface area contributed by atoms with Crippen LogP contribution in [0, 0.1) is 0 Å². The minimum Gasteiger partial charge on any atom is -0.437 e. The molecule has 0 bridgehead atoms. The molecule has 0 saturated heterocycles. The molecule has 0 radical (unpaired) electrons. The molecule has 1 N–H and O–H groups in total. The van der Waals surface area contributed by atoms with Crippen molar-refractivity contribution < 1.29 is 4.74 Å². The normalized spacial score (nSPS) is 10.9. The summed E-state index contributed by atoms with van der Waals surface area (Å²) in [4.78, 5) is 4.51. The van der Waals surface area contributed by atoms with Gasteiger partial charge in [-0.25, -0.2) is 4.98 Å². The van der Waals surface area contributed by atoms with Gasteiger partial charge in [0.05, 0.1) is 5.02 Å². The number of nitrogens with one attached hydrogen (secondary N) is 1. The van der Waals surface area contributed by atoms with Crippen LogP contribution >= 0.6 is 11.6 Å². The van der Waals surface area contributed by atoms with Crippen molar-refractivity contribution in [3.05, 3.63) is 52.7 Å². The summed E-state index contributed by atoms with van der Waals surface area (Å²) in [6, 6.07) is 11.9. The fourth-order valence-electron chi connectivity index (χ4n) is 1.92. The molecule has 4 heteroatoms. The molecule has 0 aliphatic rings. The van der Waals surface area contributed by atoms with Crippen molar-refractivity contribution in [2.45, 2.75) is 39.8 Å². The van der Waals surface area contributed by atoms with Crippen LogP contribution < -0.4 is 10.1 Å². The molecule has 0 fully saturated rings. The van der Waals surface area contributed by atoms with Crippen LogP contribution in [0.1, 0.15) is 32.0 Å². The summed E-state index contributed by atoms with van der Waals surface area (Å²) in [5.74, 6) is 1.21. The fourth-order valence-corrected chi connectivity index (χ4v) is 2.09. The van der Waals surface area contributed by atoms with Crippen LogP contribution in [0.15, 0.2) is 36.4 Å². The van der Waals surface area contributed by atoms with Crippen molar-refractivity contribution in [2.75, 3.05) is 0 Å². The predicted molar refractivity (Wildman–Crippen MR) is 87.1 cm³/mol. The van der Waals surface area contributed by atoms with E-state index in [0.29, 0.717) is 22.7 Å². The van der Waals surface area contributed by atoms with Crippen LogP contribution in [-0.2, 0) is 13.0 Å². The predicted octanol–water partition coefficient (Wildman–Crippen LogP) is 4.59. The van der Waals surface area contributed by atoms with E-state index in [1.54, 1.807) is 0 Å². The zero-order valence-electron chi connectivity index (χ0n) is 12.7. The zero-order valence-corrected chi connectivity index (χ0v) is 13.4. The highest BCUT2D eigenvalue weighted by atomic mass is 35.5. The number of nitrogens with zero attached hydrogens (tertiary/aromatic N) is 1. The number of hydrogen-bond acceptors (Lipinski definition) is 3. The summed E-state index contributed by atoms with van der Waals surface area (Å²) >= 11 is 6.13. The molecule has 2 rings (SSSR count). The van der Waals surface area contributed by atoms with Gasteiger partial charge in [0, 0.05) is 24.3 Å². The second-order valence-electron chi connectivity index (χ2n) is 5.23. The summed E-state index contributed by atoms with van der Waals surface area (Å²) < 4.78 is 5.83. The van der Waals surface area contributed by atoms with Crippen LogP contribution in [-0.4, -0.2) is 11.0 Å². The Morgan fingerprint density at radius 1 is 1.24 bits per heavy atom. The Hall–Kier alpha value is -1.58. The number of pyridine rings is 1. The average Bonchev–Trinajstić information content (AvgIpc) is 2.47. The van der Waals surface area contributed by atoms with Gasteiger partial charge in [-0.15, -0.1) is 0 Å². The van der Waals surface area contributed by atoms with E-state index in [-0.39, 0.29) is 0 Å². The minimum absolute atomic E-state index is 0.441. The second kappa shape index (κ2) is 7.43. The maximum absolute atomic E-state index is 6.13. The van der Waals surface area contributed by atoms with Gasteiger partial charge >= 0.3 is 0 Å². The SMILES string of the molecule is CCc1cc(CNC(C)C)cc(Oc2ccccc2Cl)n1. The summed E-state index contributed by atoms with van der Waals surface area (Å²) in [6.07, 6.45) is 0.869. The Morgan fingerprint density at radius 3 is 2.67 bits per heavy atom. The molecule has 0 saturated carbocycles. The van der Waals surface area contributed by atoms with E-state index < -0.39 is 0 Å². The molecule has 21 heavy (non-hydrogen) atoms. The van der Waals surface area contributed by atoms with Crippen molar-refractivity contribution in [2.24, 2.45) is 0 Å². The fraction of sp³-hybridized carbons (Fsp3) is 0.353. The number of halogens is 1. The van der Waals surface area contributed by atoms with Gasteiger partial charge in [0.25, 0.3) is 0 Å². The van der Waals surface area contributed by atoms with Gasteiger partial charge in [0.2, 0.25) is 5.88 Å². The first-order chi connectivity index (χ1) is 10.1. The second-order valence-corrected chi connectivity index (χ2v) is 5.63. The molecule has 0 aliphatic heterocycles. The van der Waals surface area contributed by atoms with Gasteiger partial charge in [-0.3, -0.25) is 0 Å². The Kier molecular flexibility index (Phi) is 5.59. The lowest BCUT2D eigenvalue weighted by Gasteiger charge is -2.12. The molecule has 3 nitrogen and oxygen atoms in total. The summed E-state index contributed by atoms with van der Waals surface area (Å²) in [5, 5.41) is 3.99. The number of para-hydroxylation sites is 1. The maximum atomic E-state index is 6.13. The Morgan fingerprint density at radius 2 is 2.00 bits per heavy atom. The van der Waals surface area contributed by atoms with Gasteiger partial charge < -0.3 is 10.1 Å². The average molecular weight is 305 g/mol. The van der Waals surface area contributed by atoms with E-state index >= 15 is 0 Å². The highest BCUT2D eigenvalue weighted by Crippen LogP contribution is 2.28. The molecule has 0 amide bonds. The number of rotatable bonds is 6. The van der Waals surface area contributed by atoms with Crippen LogP contribution in [0.5, 0.6) is 11.6 Å². The van der Waals surface area contributed by atoms with E-state index in [1.807, 2.05) is 30.3 Å². The van der Waals surface area contributed by atoms with Crippen molar-refractivity contribution in [1.82, 2.24) is 10.3 Å². The smallest absolute Gasteiger partial charge is 0.219 e. The molecular weight excluding hydrogens is 284 g/mol. The lowest BCUT2D eigenvalue weighted by Crippen LogP contribution is -2.22. The molecule has 1 aromatic carbocycles. The molecular formula is C17H21ClN2O. The molecule has 0 unspecified atom stereocenters. The Bertz CT molecular complexity index is 599. The molecule has 2 aromatic rings. The number of hydrogen-bond donors (Lipinski definition) is 1. The first kappa shape index (κ1) is 15.8. The lowest BCUT2D eigenvalue weighted by atomic mass is 10.2. The third kappa shape index (κ3) is 4.73. The quantitative estimate of drug-likeness (QED) is 0.847. The number of ether oxygens (including phenoxy) is 1. The summed E-state index contributed by atoms with van der Waals surface area (Å²) in [7, 11) is 0. The van der Waals surface area contributed by atoms with Crippen molar-refractivity contribution >= 4 is 11.6 Å². The molecule has 112 valence electrons. The van der Waals surface area contributed by atoms with Crippen molar-refractivity contribution in [1.29, 1.82) is 0 Å². The highest BCUT2D eigenvalue weighted by molar-refractivity contribution is 6.32. The van der Waals surface area contributed by atoms with E-state index in [9.17, 15) is 0 Å². The highest BCUT2D eigenvalue weighted by Gasteiger charge is 2.07. The molecule has 1 aromatic heterocycles. The van der Waals surface area contributed by atoms with Crippen LogP contribution in [0.4, 0.5) is 0 Å². The Balaban J connectivity index is 2.22. The molecule has 0 atom stereocenters. The standard InChI is InChI=1S/C17H21ClN2O/c1-4-14-9-13(11-19-12(2)3)10-17(20-14)21-16-8-6-5-7-15(16)18/h5-10,12,19H,4,11H2,1-3H3. The molecule has 1 heterocycles. The van der Waals surface area contributed by atoms with E-state index in [1.165, 1.54) is 0 Å². The summed E-state index contributed by atoms with van der Waals surface area (Å²) in [6.45, 7) is 7.14. The van der Waals surface area contributed by atoms with E-state index in [2.05, 4.69) is 37.1 Å². The molecule has 0 aliphatic carbocycles. The first-order valence-electron chi connectivity index (χ1n) is 7.24. The lowest BCUT2D eigenvalue weighted by molar-refractivity contribution is 0.459. The number of benzene rings is 1. The monoisotopic (exact) mass is 304 g/mol. The van der Waals surface area contributed by atoms with E-state index in [4.69, 9.17) is 16.3 Å². The third-order valence-corrected chi connectivity index (χ3v) is 3.35. The van der Waals surface area contributed by atoms with E-state index in [0.717, 1.165) is 24.2 Å². The Labute approximate surface area is 131 Å². The third-order valence-electron chi connectivity index (χ3n) is 3.04. The zero-order chi connectivity index (χ0) is 15.2. The van der Waals surface area contributed by atoms with Gasteiger partial charge in [0.1, 0.15) is 5.75 Å². The van der Waals surface area contributed by atoms with Crippen LogP contribution in [0.2, 0.25) is 5.02 Å². The van der Waals surface area contributed by atoms with Gasteiger partial charge in [-0.2, -0.15) is 0 Å². The maximum Gasteiger partial charge on any atom is 0.219 e. The van der Waals surface area contributed by atoms with Gasteiger partial charge in [-0.1, -0.05) is 44.5 Å². The van der Waals surface area contributed by atoms with Crippen molar-refractivity contribution in [3.8, 4) is 11.6 Å². The topological polar surface area (TPSA) is 34.1 Å². The van der Waals surface area contributed by atoms with Crippen molar-refractivity contribution in [3.63, 3.8) is 0 Å². The minimum atomic E-state index is 0.441. The number of aromatic nitrogens is 1. The van der Waals surface area contributed by atoms with Crippen LogP contribution in [0.3, 0.4) is 0 Å². The molecule has 0 spiro atoms.